The zero-order valence-corrected chi connectivity index (χ0v) is 14.8. The lowest BCUT2D eigenvalue weighted by atomic mass is 9.87. The van der Waals surface area contributed by atoms with Crippen LogP contribution in [0.15, 0.2) is 33.2 Å². The first-order valence-corrected chi connectivity index (χ1v) is 8.14. The average molecular weight is 343 g/mol. The predicted octanol–water partition coefficient (Wildman–Crippen LogP) is 3.40. The molecule has 1 N–H and O–H groups in total. The van der Waals surface area contributed by atoms with E-state index in [4.69, 9.17) is 13.7 Å². The number of hydrogen-bond acceptors (Lipinski definition) is 6. The average Bonchev–Trinajstić information content (AvgIpc) is 3.17. The molecule has 0 fully saturated rings. The van der Waals surface area contributed by atoms with Crippen molar-refractivity contribution in [1.82, 2.24) is 5.16 Å². The molecule has 1 aromatic carbocycles. The number of aromatic nitrogens is 1. The van der Waals surface area contributed by atoms with Crippen molar-refractivity contribution in [1.29, 1.82) is 0 Å². The summed E-state index contributed by atoms with van der Waals surface area (Å²) in [6, 6.07) is 7.27. The Bertz CT molecular complexity index is 904. The number of aryl methyl sites for hydroxylation is 2. The number of carbonyl (C=O) groups excluding carboxylic acids is 1. The van der Waals surface area contributed by atoms with Crippen LogP contribution in [-0.2, 0) is 21.6 Å². The highest BCUT2D eigenvalue weighted by Crippen LogP contribution is 2.39. The molecular weight excluding hydrogens is 322 g/mol. The zero-order chi connectivity index (χ0) is 18.2. The minimum atomic E-state index is -1.32. The number of esters is 1. The number of fused-ring (bicyclic) bond motifs is 1. The van der Waals surface area contributed by atoms with Gasteiger partial charge in [0.15, 0.2) is 5.60 Å². The number of benzene rings is 1. The monoisotopic (exact) mass is 343 g/mol. The normalized spacial score (nSPS) is 13.8. The number of methoxy groups -OCH3 is 1. The summed E-state index contributed by atoms with van der Waals surface area (Å²) in [5, 5.41) is 16.1. The second-order valence-corrected chi connectivity index (χ2v) is 6.15. The molecule has 3 rings (SSSR count). The maximum absolute atomic E-state index is 11.5. The van der Waals surface area contributed by atoms with Gasteiger partial charge in [0, 0.05) is 5.39 Å². The zero-order valence-electron chi connectivity index (χ0n) is 14.8. The van der Waals surface area contributed by atoms with E-state index < -0.39 is 5.60 Å². The van der Waals surface area contributed by atoms with Gasteiger partial charge in [-0.25, -0.2) is 0 Å². The smallest absolute Gasteiger partial charge is 0.309 e. The predicted molar refractivity (Wildman–Crippen MR) is 91.2 cm³/mol. The van der Waals surface area contributed by atoms with Crippen LogP contribution in [-0.4, -0.2) is 23.3 Å². The maximum atomic E-state index is 11.5. The SMILES string of the molecule is CCC(O)(c1cc2cc(CC(=O)OC)ccc2o1)c1c(C)noc1C. The van der Waals surface area contributed by atoms with Crippen molar-refractivity contribution >= 4 is 16.9 Å². The van der Waals surface area contributed by atoms with Crippen LogP contribution in [0.5, 0.6) is 0 Å². The van der Waals surface area contributed by atoms with Crippen LogP contribution in [0.2, 0.25) is 0 Å². The highest BCUT2D eigenvalue weighted by Gasteiger charge is 2.38. The summed E-state index contributed by atoms with van der Waals surface area (Å²) in [4.78, 5) is 11.5. The van der Waals surface area contributed by atoms with E-state index in [1.54, 1.807) is 26.0 Å². The summed E-state index contributed by atoms with van der Waals surface area (Å²) in [6.07, 6.45) is 0.597. The van der Waals surface area contributed by atoms with Gasteiger partial charge in [-0.15, -0.1) is 0 Å². The van der Waals surface area contributed by atoms with Crippen molar-refractivity contribution in [2.75, 3.05) is 7.11 Å². The third-order valence-corrected chi connectivity index (χ3v) is 4.52. The van der Waals surface area contributed by atoms with Crippen LogP contribution < -0.4 is 0 Å². The fourth-order valence-corrected chi connectivity index (χ4v) is 3.19. The molecule has 0 saturated carbocycles. The van der Waals surface area contributed by atoms with E-state index in [9.17, 15) is 9.90 Å². The van der Waals surface area contributed by atoms with Gasteiger partial charge in [0.05, 0.1) is 24.8 Å². The topological polar surface area (TPSA) is 85.7 Å². The summed E-state index contributed by atoms with van der Waals surface area (Å²) < 4.78 is 15.8. The standard InChI is InChI=1S/C19H21NO5/c1-5-19(22,18-11(2)20-25-12(18)3)16-10-14-8-13(9-17(21)23-4)6-7-15(14)24-16/h6-8,10,22H,5,9H2,1-4H3. The molecule has 3 aromatic rings. The molecule has 0 aliphatic heterocycles. The van der Waals surface area contributed by atoms with Crippen LogP contribution in [0.1, 0.15) is 41.7 Å². The Kier molecular flexibility index (Phi) is 4.39. The fourth-order valence-electron chi connectivity index (χ4n) is 3.19. The number of aliphatic hydroxyl groups is 1. The molecule has 132 valence electrons. The minimum absolute atomic E-state index is 0.189. The van der Waals surface area contributed by atoms with Gasteiger partial charge in [-0.05, 0) is 44.0 Å². The summed E-state index contributed by atoms with van der Waals surface area (Å²) in [7, 11) is 1.36. The summed E-state index contributed by atoms with van der Waals surface area (Å²) >= 11 is 0. The number of rotatable bonds is 5. The molecule has 6 heteroatoms. The maximum Gasteiger partial charge on any atom is 0.309 e. The molecule has 0 bridgehead atoms. The quantitative estimate of drug-likeness (QED) is 0.715. The molecule has 0 amide bonds. The Hall–Kier alpha value is -2.60. The molecule has 0 aliphatic carbocycles. The van der Waals surface area contributed by atoms with Crippen molar-refractivity contribution in [3.05, 3.63) is 52.6 Å². The second kappa shape index (κ2) is 6.37. The van der Waals surface area contributed by atoms with Gasteiger partial charge < -0.3 is 18.8 Å². The molecule has 0 spiro atoms. The highest BCUT2D eigenvalue weighted by atomic mass is 16.5. The van der Waals surface area contributed by atoms with E-state index in [2.05, 4.69) is 5.16 Å². The van der Waals surface area contributed by atoms with E-state index in [0.29, 0.717) is 34.8 Å². The van der Waals surface area contributed by atoms with Gasteiger partial charge >= 0.3 is 5.97 Å². The Morgan fingerprint density at radius 3 is 2.68 bits per heavy atom. The first-order valence-electron chi connectivity index (χ1n) is 8.14. The lowest BCUT2D eigenvalue weighted by Crippen LogP contribution is -2.27. The van der Waals surface area contributed by atoms with Gasteiger partial charge in [0.1, 0.15) is 17.1 Å². The van der Waals surface area contributed by atoms with Crippen LogP contribution in [0.3, 0.4) is 0 Å². The van der Waals surface area contributed by atoms with Gasteiger partial charge in [-0.3, -0.25) is 4.79 Å². The molecule has 2 aromatic heterocycles. The number of carbonyl (C=O) groups is 1. The molecule has 0 saturated heterocycles. The van der Waals surface area contributed by atoms with Crippen LogP contribution >= 0.6 is 0 Å². The Balaban J connectivity index is 2.07. The first kappa shape index (κ1) is 17.2. The summed E-state index contributed by atoms with van der Waals surface area (Å²) in [5.41, 5.74) is 1.40. The van der Waals surface area contributed by atoms with Gasteiger partial charge in [-0.1, -0.05) is 18.1 Å². The van der Waals surface area contributed by atoms with Crippen molar-refractivity contribution < 1.29 is 23.6 Å². The lowest BCUT2D eigenvalue weighted by molar-refractivity contribution is -0.139. The van der Waals surface area contributed by atoms with E-state index >= 15 is 0 Å². The number of furan rings is 1. The van der Waals surface area contributed by atoms with Gasteiger partial charge in [-0.2, -0.15) is 0 Å². The molecule has 1 atom stereocenters. The van der Waals surface area contributed by atoms with Crippen molar-refractivity contribution in [3.63, 3.8) is 0 Å². The summed E-state index contributed by atoms with van der Waals surface area (Å²) in [5.74, 6) is 0.687. The molecule has 2 heterocycles. The minimum Gasteiger partial charge on any atom is -0.469 e. The highest BCUT2D eigenvalue weighted by molar-refractivity contribution is 5.81. The van der Waals surface area contributed by atoms with Crippen LogP contribution in [0, 0.1) is 13.8 Å². The van der Waals surface area contributed by atoms with E-state index in [1.165, 1.54) is 7.11 Å². The molecule has 25 heavy (non-hydrogen) atoms. The van der Waals surface area contributed by atoms with Gasteiger partial charge in [0.2, 0.25) is 0 Å². The Labute approximate surface area is 145 Å². The van der Waals surface area contributed by atoms with Gasteiger partial charge in [0.25, 0.3) is 0 Å². The third kappa shape index (κ3) is 2.93. The third-order valence-electron chi connectivity index (χ3n) is 4.52. The number of ether oxygens (including phenoxy) is 1. The second-order valence-electron chi connectivity index (χ2n) is 6.15. The number of nitrogens with zero attached hydrogens (tertiary/aromatic N) is 1. The van der Waals surface area contributed by atoms with Crippen molar-refractivity contribution in [2.24, 2.45) is 0 Å². The van der Waals surface area contributed by atoms with Crippen LogP contribution in [0.25, 0.3) is 11.0 Å². The molecule has 6 nitrogen and oxygen atoms in total. The number of hydrogen-bond donors (Lipinski definition) is 1. The van der Waals surface area contributed by atoms with E-state index in [1.807, 2.05) is 19.1 Å². The van der Waals surface area contributed by atoms with Crippen molar-refractivity contribution in [2.45, 2.75) is 39.2 Å². The van der Waals surface area contributed by atoms with Crippen LogP contribution in [0.4, 0.5) is 0 Å². The summed E-state index contributed by atoms with van der Waals surface area (Å²) in [6.45, 7) is 5.44. The molecule has 1 unspecified atom stereocenters. The molecule has 0 aliphatic rings. The lowest BCUT2D eigenvalue weighted by Gasteiger charge is -2.24. The van der Waals surface area contributed by atoms with Crippen molar-refractivity contribution in [3.8, 4) is 0 Å². The first-order chi connectivity index (χ1) is 11.9. The largest absolute Gasteiger partial charge is 0.469 e. The molecular formula is C19H21NO5. The fraction of sp³-hybridized carbons (Fsp3) is 0.368. The van der Waals surface area contributed by atoms with E-state index in [-0.39, 0.29) is 12.4 Å². The molecule has 0 radical (unpaired) electrons. The Morgan fingerprint density at radius 2 is 2.08 bits per heavy atom. The van der Waals surface area contributed by atoms with E-state index in [0.717, 1.165) is 10.9 Å². The Morgan fingerprint density at radius 1 is 1.32 bits per heavy atom.